The van der Waals surface area contributed by atoms with Gasteiger partial charge in [0.15, 0.2) is 0 Å². The van der Waals surface area contributed by atoms with E-state index < -0.39 is 29.8 Å². The first-order valence-electron chi connectivity index (χ1n) is 18.7. The maximum atomic E-state index is 13.8. The lowest BCUT2D eigenvalue weighted by Crippen LogP contribution is -2.55. The topological polar surface area (TPSA) is 198 Å². The van der Waals surface area contributed by atoms with E-state index in [1.165, 1.54) is 4.90 Å². The number of benzene rings is 3. The van der Waals surface area contributed by atoms with Crippen LogP contribution in [0.3, 0.4) is 0 Å². The molecule has 4 aromatic rings. The summed E-state index contributed by atoms with van der Waals surface area (Å²) < 4.78 is 11.3. The van der Waals surface area contributed by atoms with Crippen molar-refractivity contribution in [2.75, 3.05) is 39.3 Å². The minimum absolute atomic E-state index is 0. The highest BCUT2D eigenvalue weighted by molar-refractivity contribution is 5.93. The van der Waals surface area contributed by atoms with Crippen molar-refractivity contribution in [3.63, 3.8) is 0 Å². The molecule has 5 amide bonds. The van der Waals surface area contributed by atoms with Gasteiger partial charge in [-0.05, 0) is 55.5 Å². The van der Waals surface area contributed by atoms with E-state index >= 15 is 0 Å². The number of halogens is 1. The Morgan fingerprint density at radius 2 is 1.57 bits per heavy atom. The maximum absolute atomic E-state index is 13.8. The van der Waals surface area contributed by atoms with Gasteiger partial charge >= 0.3 is 0 Å². The quantitative estimate of drug-likeness (QED) is 0.167. The van der Waals surface area contributed by atoms with Crippen molar-refractivity contribution in [3.8, 4) is 17.0 Å². The number of hydrogen-bond donors (Lipinski definition) is 5. The van der Waals surface area contributed by atoms with Gasteiger partial charge in [0.2, 0.25) is 29.4 Å². The molecule has 1 aliphatic rings. The van der Waals surface area contributed by atoms with Crippen molar-refractivity contribution >= 4 is 41.9 Å². The SMILES string of the molecule is Cl.NCCCC[C@@H]1NC(=O)Cc2cccc(c2)OCCNC(=O)CCCN(C(=O)c2cc(-c3ccccc3)no2)CCNC(=O)[C@@H](Cc2ccccc2)NC1=O. The van der Waals surface area contributed by atoms with Crippen molar-refractivity contribution in [2.24, 2.45) is 5.73 Å². The van der Waals surface area contributed by atoms with Crippen molar-refractivity contribution in [1.82, 2.24) is 31.3 Å². The van der Waals surface area contributed by atoms with E-state index in [9.17, 15) is 24.0 Å². The summed E-state index contributed by atoms with van der Waals surface area (Å²) in [5.74, 6) is -1.43. The Bertz CT molecular complexity index is 1880. The third-order valence-corrected chi connectivity index (χ3v) is 9.06. The smallest absolute Gasteiger partial charge is 0.292 e. The third kappa shape index (κ3) is 13.5. The van der Waals surface area contributed by atoms with E-state index in [4.69, 9.17) is 15.0 Å². The van der Waals surface area contributed by atoms with Crippen molar-refractivity contribution in [3.05, 3.63) is 108 Å². The van der Waals surface area contributed by atoms with Gasteiger partial charge in [0.25, 0.3) is 5.91 Å². The molecule has 1 aliphatic heterocycles. The first kappa shape index (κ1) is 43.0. The lowest BCUT2D eigenvalue weighted by Gasteiger charge is -2.25. The van der Waals surface area contributed by atoms with Crippen LogP contribution in [0.5, 0.6) is 5.75 Å². The first-order valence-corrected chi connectivity index (χ1v) is 18.7. The largest absolute Gasteiger partial charge is 0.492 e. The second-order valence-electron chi connectivity index (χ2n) is 13.3. The van der Waals surface area contributed by atoms with Crippen LogP contribution in [-0.2, 0) is 32.0 Å². The number of carbonyl (C=O) groups is 5. The minimum Gasteiger partial charge on any atom is -0.492 e. The number of nitrogens with zero attached hydrogens (tertiary/aromatic N) is 2. The zero-order chi connectivity index (χ0) is 38.8. The second kappa shape index (κ2) is 22.6. The maximum Gasteiger partial charge on any atom is 0.292 e. The molecule has 5 rings (SSSR count). The minimum atomic E-state index is -0.991. The molecule has 0 radical (unpaired) electrons. The highest BCUT2D eigenvalue weighted by atomic mass is 35.5. The van der Waals surface area contributed by atoms with E-state index in [2.05, 4.69) is 26.4 Å². The highest BCUT2D eigenvalue weighted by Gasteiger charge is 2.28. The van der Waals surface area contributed by atoms with Crippen LogP contribution in [0.15, 0.2) is 95.5 Å². The fourth-order valence-electron chi connectivity index (χ4n) is 6.18. The van der Waals surface area contributed by atoms with E-state index in [-0.39, 0.29) is 82.0 Å². The molecule has 298 valence electrons. The Hall–Kier alpha value is -5.73. The lowest BCUT2D eigenvalue weighted by atomic mass is 10.0. The molecule has 2 atom stereocenters. The number of carbonyl (C=O) groups excluding carboxylic acids is 5. The molecule has 6 N–H and O–H groups in total. The fourth-order valence-corrected chi connectivity index (χ4v) is 6.18. The fraction of sp³-hybridized carbons (Fsp3) is 0.366. The molecule has 0 aliphatic carbocycles. The molecule has 2 heterocycles. The zero-order valence-corrected chi connectivity index (χ0v) is 32.1. The Kier molecular flexibility index (Phi) is 17.4. The molecule has 56 heavy (non-hydrogen) atoms. The molecule has 0 unspecified atom stereocenters. The van der Waals surface area contributed by atoms with Crippen LogP contribution < -0.4 is 31.7 Å². The van der Waals surface area contributed by atoms with Crippen LogP contribution in [-0.4, -0.2) is 91.0 Å². The predicted molar refractivity (Wildman–Crippen MR) is 213 cm³/mol. The molecule has 0 spiro atoms. The molecule has 0 saturated heterocycles. The van der Waals surface area contributed by atoms with Crippen molar-refractivity contribution in [2.45, 2.75) is 57.0 Å². The number of ether oxygens (including phenoxy) is 1. The second-order valence-corrected chi connectivity index (χ2v) is 13.3. The van der Waals surface area contributed by atoms with Crippen LogP contribution in [0.1, 0.15) is 53.8 Å². The third-order valence-electron chi connectivity index (χ3n) is 9.06. The zero-order valence-electron chi connectivity index (χ0n) is 31.2. The number of nitrogens with two attached hydrogens (primary N) is 1. The van der Waals surface area contributed by atoms with Gasteiger partial charge in [-0.2, -0.15) is 0 Å². The number of unbranched alkanes of at least 4 members (excludes halogenated alkanes) is 1. The van der Waals surface area contributed by atoms with Gasteiger partial charge in [-0.25, -0.2) is 0 Å². The van der Waals surface area contributed by atoms with E-state index in [1.807, 2.05) is 60.7 Å². The highest BCUT2D eigenvalue weighted by Crippen LogP contribution is 2.20. The number of amides is 5. The van der Waals surface area contributed by atoms with E-state index in [0.717, 1.165) is 11.1 Å². The van der Waals surface area contributed by atoms with Crippen LogP contribution in [0.25, 0.3) is 11.3 Å². The summed E-state index contributed by atoms with van der Waals surface area (Å²) in [5.41, 5.74) is 8.51. The Morgan fingerprint density at radius 3 is 2.34 bits per heavy atom. The summed E-state index contributed by atoms with van der Waals surface area (Å²) in [6, 6.07) is 25.3. The summed E-state index contributed by atoms with van der Waals surface area (Å²) in [7, 11) is 0. The number of nitrogens with one attached hydrogen (secondary N) is 4. The molecule has 3 aromatic carbocycles. The van der Waals surface area contributed by atoms with E-state index in [1.54, 1.807) is 30.3 Å². The molecule has 2 bridgehead atoms. The van der Waals surface area contributed by atoms with Crippen LogP contribution in [0.4, 0.5) is 0 Å². The monoisotopic (exact) mass is 787 g/mol. The van der Waals surface area contributed by atoms with Crippen LogP contribution in [0.2, 0.25) is 0 Å². The Balaban J connectivity index is 0.00000696. The number of hydrogen-bond acceptors (Lipinski definition) is 9. The van der Waals surface area contributed by atoms with Gasteiger partial charge in [0, 0.05) is 44.1 Å². The predicted octanol–water partition coefficient (Wildman–Crippen LogP) is 3.19. The van der Waals surface area contributed by atoms with Gasteiger partial charge in [-0.15, -0.1) is 12.4 Å². The molecular formula is C41H50ClN7O7. The van der Waals surface area contributed by atoms with Gasteiger partial charge in [-0.1, -0.05) is 78.0 Å². The molecule has 1 aromatic heterocycles. The number of fused-ring (bicyclic) bond motifs is 2. The molecule has 0 fully saturated rings. The van der Waals surface area contributed by atoms with Crippen LogP contribution >= 0.6 is 12.4 Å². The van der Waals surface area contributed by atoms with Gasteiger partial charge in [0.1, 0.15) is 30.1 Å². The molecule has 0 saturated carbocycles. The van der Waals surface area contributed by atoms with Crippen molar-refractivity contribution < 1.29 is 33.2 Å². The number of rotatable bonds is 8. The van der Waals surface area contributed by atoms with E-state index in [0.29, 0.717) is 49.2 Å². The average Bonchev–Trinajstić information content (AvgIpc) is 3.69. The summed E-state index contributed by atoms with van der Waals surface area (Å²) >= 11 is 0. The normalized spacial score (nSPS) is 17.9. The van der Waals surface area contributed by atoms with Crippen molar-refractivity contribution in [1.29, 1.82) is 0 Å². The van der Waals surface area contributed by atoms with Gasteiger partial charge in [-0.3, -0.25) is 24.0 Å². The molecular weight excluding hydrogens is 738 g/mol. The van der Waals surface area contributed by atoms with Gasteiger partial charge in [0.05, 0.1) is 13.0 Å². The Morgan fingerprint density at radius 1 is 0.804 bits per heavy atom. The average molecular weight is 788 g/mol. The first-order chi connectivity index (χ1) is 26.8. The lowest BCUT2D eigenvalue weighted by molar-refractivity contribution is -0.132. The summed E-state index contributed by atoms with van der Waals surface area (Å²) in [5, 5.41) is 15.5. The standard InChI is InChI=1S/C41H49N7O7.ClH/c42-19-8-7-17-33-40(52)46-35(26-29-11-3-1-4-12-29)39(51)44-20-23-48(41(53)36-28-34(47-55-36)31-14-5-2-6-15-31)22-10-18-37(49)43-21-24-54-32-16-9-13-30(25-32)27-38(50)45-33;/h1-6,9,11-16,25,28,33,35H,7-8,10,17-24,26-27,42H2,(H,43,49)(H,44,51)(H,45,50)(H,46,52);1H/t33-,35+;/m0./s1. The molecule has 14 nitrogen and oxygen atoms in total. The number of aromatic nitrogens is 1. The Labute approximate surface area is 332 Å². The summed E-state index contributed by atoms with van der Waals surface area (Å²) in [6.45, 7) is 1.22. The van der Waals surface area contributed by atoms with Crippen LogP contribution in [0, 0.1) is 0 Å². The summed E-state index contributed by atoms with van der Waals surface area (Å²) in [6.07, 6.45) is 2.24. The summed E-state index contributed by atoms with van der Waals surface area (Å²) in [4.78, 5) is 68.8. The molecule has 15 heteroatoms. The van der Waals surface area contributed by atoms with Gasteiger partial charge < -0.3 is 41.2 Å².